The van der Waals surface area contributed by atoms with Crippen molar-refractivity contribution in [1.82, 2.24) is 5.32 Å². The zero-order chi connectivity index (χ0) is 30.6. The van der Waals surface area contributed by atoms with E-state index in [1.807, 2.05) is 60.7 Å². The number of ether oxygens (including phenoxy) is 3. The molecule has 0 radical (unpaired) electrons. The Bertz CT molecular complexity index is 1530. The molecule has 222 valence electrons. The lowest BCUT2D eigenvalue weighted by Gasteiger charge is -2.24. The minimum absolute atomic E-state index is 0.0670. The molecule has 0 aromatic heterocycles. The molecule has 0 heterocycles. The standard InChI is InChI=1S/C33H35N5O5/c1-41-21-30(39)38-27-18-29(43-20-23-11-7-4-8-12-23)28(42-2)17-26(27)31(33(40)36-19-22-9-5-3-6-10-22)37-25-15-13-24(14-16-25)32(34)35/h3-18,31,37H,19-21H2,1-2H3,(H3,34,35)(H,36,40)(H,38,39)/t31-/m0/s1. The summed E-state index contributed by atoms with van der Waals surface area (Å²) >= 11 is 0. The summed E-state index contributed by atoms with van der Waals surface area (Å²) in [7, 11) is 2.94. The lowest BCUT2D eigenvalue weighted by atomic mass is 10.0. The summed E-state index contributed by atoms with van der Waals surface area (Å²) in [5.74, 6) is -0.0519. The van der Waals surface area contributed by atoms with Crippen molar-refractivity contribution in [2.24, 2.45) is 5.73 Å². The van der Waals surface area contributed by atoms with Gasteiger partial charge in [-0.1, -0.05) is 60.7 Å². The zero-order valence-corrected chi connectivity index (χ0v) is 24.1. The van der Waals surface area contributed by atoms with Crippen LogP contribution in [-0.2, 0) is 27.5 Å². The van der Waals surface area contributed by atoms with Gasteiger partial charge in [-0.2, -0.15) is 0 Å². The average Bonchev–Trinajstić information content (AvgIpc) is 3.03. The highest BCUT2D eigenvalue weighted by molar-refractivity contribution is 5.96. The number of nitrogens with two attached hydrogens (primary N) is 1. The minimum atomic E-state index is -0.971. The monoisotopic (exact) mass is 581 g/mol. The van der Waals surface area contributed by atoms with Gasteiger partial charge in [-0.15, -0.1) is 0 Å². The van der Waals surface area contributed by atoms with Crippen LogP contribution in [0.4, 0.5) is 11.4 Å². The van der Waals surface area contributed by atoms with Gasteiger partial charge >= 0.3 is 0 Å². The first kappa shape index (κ1) is 30.6. The van der Waals surface area contributed by atoms with Crippen LogP contribution in [0.2, 0.25) is 0 Å². The molecule has 43 heavy (non-hydrogen) atoms. The zero-order valence-electron chi connectivity index (χ0n) is 24.1. The maximum atomic E-state index is 13.8. The van der Waals surface area contributed by atoms with Crippen molar-refractivity contribution < 1.29 is 23.8 Å². The maximum Gasteiger partial charge on any atom is 0.250 e. The number of methoxy groups -OCH3 is 2. The largest absolute Gasteiger partial charge is 0.493 e. The highest BCUT2D eigenvalue weighted by Gasteiger charge is 2.27. The average molecular weight is 582 g/mol. The number of amides is 2. The van der Waals surface area contributed by atoms with Crippen LogP contribution in [0.3, 0.4) is 0 Å². The first-order valence-electron chi connectivity index (χ1n) is 13.6. The number of benzene rings is 4. The van der Waals surface area contributed by atoms with Crippen molar-refractivity contribution in [1.29, 1.82) is 5.41 Å². The van der Waals surface area contributed by atoms with Crippen molar-refractivity contribution in [3.05, 3.63) is 119 Å². The quantitative estimate of drug-likeness (QED) is 0.108. The van der Waals surface area contributed by atoms with Crippen molar-refractivity contribution in [2.45, 2.75) is 19.2 Å². The Labute approximate surface area is 250 Å². The molecule has 0 unspecified atom stereocenters. The van der Waals surface area contributed by atoms with Crippen molar-refractivity contribution in [3.63, 3.8) is 0 Å². The predicted molar refractivity (Wildman–Crippen MR) is 166 cm³/mol. The third-order valence-electron chi connectivity index (χ3n) is 6.51. The Morgan fingerprint density at radius 3 is 2.12 bits per heavy atom. The number of nitrogens with one attached hydrogen (secondary N) is 4. The van der Waals surface area contributed by atoms with Crippen LogP contribution >= 0.6 is 0 Å². The van der Waals surface area contributed by atoms with E-state index in [1.165, 1.54) is 14.2 Å². The molecule has 0 fully saturated rings. The van der Waals surface area contributed by atoms with E-state index in [2.05, 4.69) is 16.0 Å². The highest BCUT2D eigenvalue weighted by Crippen LogP contribution is 2.38. The fraction of sp³-hybridized carbons (Fsp3) is 0.182. The van der Waals surface area contributed by atoms with E-state index in [1.54, 1.807) is 36.4 Å². The summed E-state index contributed by atoms with van der Waals surface area (Å²) in [6.07, 6.45) is 0. The van der Waals surface area contributed by atoms with Gasteiger partial charge in [0.05, 0.1) is 12.8 Å². The summed E-state index contributed by atoms with van der Waals surface area (Å²) in [6.45, 7) is 0.377. The van der Waals surface area contributed by atoms with E-state index in [4.69, 9.17) is 25.4 Å². The molecule has 10 nitrogen and oxygen atoms in total. The predicted octanol–water partition coefficient (Wildman–Crippen LogP) is 4.61. The number of hydrogen-bond acceptors (Lipinski definition) is 7. The molecule has 0 aliphatic rings. The number of amidine groups is 1. The molecular formula is C33H35N5O5. The lowest BCUT2D eigenvalue weighted by molar-refractivity contribution is -0.122. The van der Waals surface area contributed by atoms with Crippen LogP contribution in [0, 0.1) is 5.41 Å². The summed E-state index contributed by atoms with van der Waals surface area (Å²) in [5.41, 5.74) is 9.43. The Hall–Kier alpha value is -5.35. The Morgan fingerprint density at radius 2 is 1.51 bits per heavy atom. The van der Waals surface area contributed by atoms with Gasteiger partial charge in [0.1, 0.15) is 25.1 Å². The van der Waals surface area contributed by atoms with Gasteiger partial charge in [-0.25, -0.2) is 0 Å². The Morgan fingerprint density at radius 1 is 0.860 bits per heavy atom. The Balaban J connectivity index is 1.73. The van der Waals surface area contributed by atoms with Gasteiger partial charge in [0.25, 0.3) is 0 Å². The molecule has 0 aliphatic carbocycles. The molecule has 4 aromatic rings. The fourth-order valence-corrected chi connectivity index (χ4v) is 4.33. The second kappa shape index (κ2) is 15.0. The number of carbonyl (C=O) groups is 2. The van der Waals surface area contributed by atoms with Crippen molar-refractivity contribution in [3.8, 4) is 11.5 Å². The van der Waals surface area contributed by atoms with E-state index in [0.29, 0.717) is 40.5 Å². The molecule has 6 N–H and O–H groups in total. The third kappa shape index (κ3) is 8.57. The van der Waals surface area contributed by atoms with E-state index in [9.17, 15) is 9.59 Å². The van der Waals surface area contributed by atoms with Gasteiger partial charge < -0.3 is 35.9 Å². The summed E-state index contributed by atoms with van der Waals surface area (Å²) in [5, 5.41) is 16.8. The second-order valence-corrected chi connectivity index (χ2v) is 9.62. The molecule has 0 saturated heterocycles. The molecule has 0 spiro atoms. The number of anilines is 2. The van der Waals surface area contributed by atoms with Crippen LogP contribution in [0.15, 0.2) is 97.1 Å². The van der Waals surface area contributed by atoms with Gasteiger partial charge in [0.15, 0.2) is 11.5 Å². The van der Waals surface area contributed by atoms with E-state index < -0.39 is 11.9 Å². The van der Waals surface area contributed by atoms with Gasteiger partial charge in [0, 0.05) is 36.5 Å². The first-order chi connectivity index (χ1) is 20.9. The molecule has 0 saturated carbocycles. The molecule has 2 amide bonds. The number of rotatable bonds is 14. The molecule has 0 bridgehead atoms. The highest BCUT2D eigenvalue weighted by atomic mass is 16.5. The normalized spacial score (nSPS) is 11.2. The number of nitrogen functional groups attached to an aromatic ring is 1. The van der Waals surface area contributed by atoms with Gasteiger partial charge in [-0.05, 0) is 41.5 Å². The van der Waals surface area contributed by atoms with Crippen LogP contribution in [-0.4, -0.2) is 38.5 Å². The molecule has 1 atom stereocenters. The molecule has 4 rings (SSSR count). The van der Waals surface area contributed by atoms with Gasteiger partial charge in [-0.3, -0.25) is 15.0 Å². The summed E-state index contributed by atoms with van der Waals surface area (Å²) in [4.78, 5) is 26.5. The van der Waals surface area contributed by atoms with Crippen LogP contribution < -0.4 is 31.2 Å². The van der Waals surface area contributed by atoms with Crippen molar-refractivity contribution in [2.75, 3.05) is 31.5 Å². The van der Waals surface area contributed by atoms with Crippen LogP contribution in [0.5, 0.6) is 11.5 Å². The third-order valence-corrected chi connectivity index (χ3v) is 6.51. The number of carbonyl (C=O) groups excluding carboxylic acids is 2. The molecule has 4 aromatic carbocycles. The van der Waals surface area contributed by atoms with E-state index >= 15 is 0 Å². The van der Waals surface area contributed by atoms with E-state index in [0.717, 1.165) is 11.1 Å². The molecular weight excluding hydrogens is 546 g/mol. The van der Waals surface area contributed by atoms with E-state index in [-0.39, 0.29) is 25.0 Å². The second-order valence-electron chi connectivity index (χ2n) is 9.62. The first-order valence-corrected chi connectivity index (χ1v) is 13.6. The molecule has 0 aliphatic heterocycles. The summed E-state index contributed by atoms with van der Waals surface area (Å²) < 4.78 is 16.8. The van der Waals surface area contributed by atoms with Gasteiger partial charge in [0.2, 0.25) is 11.8 Å². The topological polar surface area (TPSA) is 148 Å². The molecule has 10 heteroatoms. The Kier molecular flexibility index (Phi) is 10.7. The lowest BCUT2D eigenvalue weighted by Crippen LogP contribution is -2.34. The minimum Gasteiger partial charge on any atom is -0.493 e. The SMILES string of the molecule is COCC(=O)Nc1cc(OCc2ccccc2)c(OC)cc1[C@H](Nc1ccc(C(=N)N)cc1)C(=O)NCc1ccccc1. The fourth-order valence-electron chi connectivity index (χ4n) is 4.33. The number of hydrogen-bond donors (Lipinski definition) is 5. The summed E-state index contributed by atoms with van der Waals surface area (Å²) in [6, 6.07) is 28.4. The van der Waals surface area contributed by atoms with Crippen molar-refractivity contribution >= 4 is 29.0 Å². The van der Waals surface area contributed by atoms with Crippen LogP contribution in [0.1, 0.15) is 28.3 Å². The maximum absolute atomic E-state index is 13.8. The smallest absolute Gasteiger partial charge is 0.250 e. The van der Waals surface area contributed by atoms with Crippen LogP contribution in [0.25, 0.3) is 0 Å².